The Labute approximate surface area is 83.8 Å². The van der Waals surface area contributed by atoms with Crippen LogP contribution < -0.4 is 11.5 Å². The second kappa shape index (κ2) is 6.16. The molecule has 0 aliphatic heterocycles. The van der Waals surface area contributed by atoms with Gasteiger partial charge in [0.15, 0.2) is 0 Å². The van der Waals surface area contributed by atoms with Gasteiger partial charge < -0.3 is 11.5 Å². The van der Waals surface area contributed by atoms with Gasteiger partial charge >= 0.3 is 29.6 Å². The second-order valence-electron chi connectivity index (χ2n) is 2.64. The molecule has 0 aromatic rings. The van der Waals surface area contributed by atoms with Crippen LogP contribution in [0.15, 0.2) is 0 Å². The van der Waals surface area contributed by atoms with Crippen molar-refractivity contribution >= 4 is 35.5 Å². The summed E-state index contributed by atoms with van der Waals surface area (Å²) in [6, 6.07) is -0.468. The van der Waals surface area contributed by atoms with Crippen molar-refractivity contribution in [1.29, 1.82) is 0 Å². The molecule has 0 heterocycles. The van der Waals surface area contributed by atoms with Gasteiger partial charge in [-0.15, -0.1) is 0 Å². The van der Waals surface area contributed by atoms with Gasteiger partial charge in [0.1, 0.15) is 0 Å². The Morgan fingerprint density at radius 3 is 2.00 bits per heavy atom. The zero-order valence-electron chi connectivity index (χ0n) is 5.92. The summed E-state index contributed by atoms with van der Waals surface area (Å²) >= 11 is 0. The van der Waals surface area contributed by atoms with E-state index < -0.39 is 11.9 Å². The number of carbonyl (C=O) groups excluding carboxylic acids is 1. The van der Waals surface area contributed by atoms with Gasteiger partial charge in [0, 0.05) is 0 Å². The summed E-state index contributed by atoms with van der Waals surface area (Å²) in [4.78, 5) is 10.3. The summed E-state index contributed by atoms with van der Waals surface area (Å²) in [7, 11) is 0. The Morgan fingerprint density at radius 2 is 1.90 bits per heavy atom. The number of hydrogen-bond donors (Lipinski definition) is 2. The van der Waals surface area contributed by atoms with Crippen molar-refractivity contribution in [3.05, 3.63) is 0 Å². The molecule has 0 bridgehead atoms. The fourth-order valence-electron chi connectivity index (χ4n) is 0.624. The molecule has 56 valence electrons. The SMILES string of the molecule is CC(C)CC(N)C(N)=O.[NaH]. The molecule has 0 aliphatic carbocycles. The molecule has 0 radical (unpaired) electrons. The standard InChI is InChI=1S/C6H14N2O.Na.H/c1-4(2)3-5(7)6(8)9;;/h4-5H,3,7H2,1-2H3,(H2,8,9);;. The zero-order chi connectivity index (χ0) is 7.44. The predicted molar refractivity (Wildman–Crippen MR) is 43.8 cm³/mol. The molecule has 0 aromatic carbocycles. The summed E-state index contributed by atoms with van der Waals surface area (Å²) in [6.45, 7) is 4.01. The topological polar surface area (TPSA) is 69.1 Å². The first-order valence-corrected chi connectivity index (χ1v) is 3.09. The van der Waals surface area contributed by atoms with E-state index in [9.17, 15) is 4.79 Å². The molecule has 4 heteroatoms. The molecular weight excluding hydrogens is 139 g/mol. The van der Waals surface area contributed by atoms with E-state index >= 15 is 0 Å². The van der Waals surface area contributed by atoms with Crippen molar-refractivity contribution < 1.29 is 4.79 Å². The fraction of sp³-hybridized carbons (Fsp3) is 0.833. The normalized spacial score (nSPS) is 12.4. The number of primary amides is 1. The molecule has 0 fully saturated rings. The van der Waals surface area contributed by atoms with Crippen molar-refractivity contribution in [2.75, 3.05) is 0 Å². The molecule has 4 N–H and O–H groups in total. The predicted octanol–water partition coefficient (Wildman–Crippen LogP) is -0.803. The van der Waals surface area contributed by atoms with Crippen LogP contribution in [-0.4, -0.2) is 41.5 Å². The molecule has 10 heavy (non-hydrogen) atoms. The quantitative estimate of drug-likeness (QED) is 0.522. The first-order chi connectivity index (χ1) is 4.04. The number of nitrogens with two attached hydrogens (primary N) is 2. The van der Waals surface area contributed by atoms with Crippen molar-refractivity contribution in [3.63, 3.8) is 0 Å². The van der Waals surface area contributed by atoms with Gasteiger partial charge in [-0.2, -0.15) is 0 Å². The van der Waals surface area contributed by atoms with Gasteiger partial charge in [0.2, 0.25) is 5.91 Å². The molecule has 0 saturated carbocycles. The minimum absolute atomic E-state index is 0. The number of rotatable bonds is 3. The molecule has 0 spiro atoms. The van der Waals surface area contributed by atoms with Crippen LogP contribution >= 0.6 is 0 Å². The van der Waals surface area contributed by atoms with Crippen LogP contribution in [0.5, 0.6) is 0 Å². The fourth-order valence-corrected chi connectivity index (χ4v) is 0.624. The van der Waals surface area contributed by atoms with Crippen LogP contribution in [0, 0.1) is 5.92 Å². The second-order valence-corrected chi connectivity index (χ2v) is 2.64. The van der Waals surface area contributed by atoms with E-state index in [0.29, 0.717) is 12.3 Å². The third-order valence-corrected chi connectivity index (χ3v) is 1.09. The van der Waals surface area contributed by atoms with Crippen LogP contribution in [0.25, 0.3) is 0 Å². The van der Waals surface area contributed by atoms with E-state index in [-0.39, 0.29) is 29.6 Å². The van der Waals surface area contributed by atoms with Crippen LogP contribution in [0.4, 0.5) is 0 Å². The average molecular weight is 154 g/mol. The van der Waals surface area contributed by atoms with Crippen LogP contribution in [0.3, 0.4) is 0 Å². The molecule has 0 aromatic heterocycles. The van der Waals surface area contributed by atoms with Crippen LogP contribution in [0.2, 0.25) is 0 Å². The molecule has 1 amide bonds. The van der Waals surface area contributed by atoms with Gasteiger partial charge in [0.05, 0.1) is 6.04 Å². The Kier molecular flexibility index (Phi) is 8.04. The van der Waals surface area contributed by atoms with E-state index in [0.717, 1.165) is 0 Å². The number of hydrogen-bond acceptors (Lipinski definition) is 2. The van der Waals surface area contributed by atoms with Crippen molar-refractivity contribution in [3.8, 4) is 0 Å². The Morgan fingerprint density at radius 1 is 1.50 bits per heavy atom. The molecule has 0 saturated heterocycles. The van der Waals surface area contributed by atoms with Gasteiger partial charge in [-0.1, -0.05) is 13.8 Å². The van der Waals surface area contributed by atoms with E-state index in [4.69, 9.17) is 11.5 Å². The van der Waals surface area contributed by atoms with Gasteiger partial charge in [-0.25, -0.2) is 0 Å². The molecule has 3 nitrogen and oxygen atoms in total. The third-order valence-electron chi connectivity index (χ3n) is 1.09. The Hall–Kier alpha value is 0.430. The van der Waals surface area contributed by atoms with Gasteiger partial charge in [0.25, 0.3) is 0 Å². The van der Waals surface area contributed by atoms with Crippen molar-refractivity contribution in [1.82, 2.24) is 0 Å². The number of amides is 1. The van der Waals surface area contributed by atoms with E-state index in [1.54, 1.807) is 0 Å². The van der Waals surface area contributed by atoms with Crippen molar-refractivity contribution in [2.24, 2.45) is 17.4 Å². The summed E-state index contributed by atoms with van der Waals surface area (Å²) in [5, 5.41) is 0. The first kappa shape index (κ1) is 13.1. The van der Waals surface area contributed by atoms with E-state index in [2.05, 4.69) is 0 Å². The first-order valence-electron chi connectivity index (χ1n) is 3.09. The number of carbonyl (C=O) groups is 1. The summed E-state index contributed by atoms with van der Waals surface area (Å²) in [6.07, 6.45) is 0.676. The van der Waals surface area contributed by atoms with Gasteiger partial charge in [-0.3, -0.25) is 4.79 Å². The Bertz CT molecular complexity index is 106. The Balaban J connectivity index is 0. The summed E-state index contributed by atoms with van der Waals surface area (Å²) in [5.74, 6) is 0.0243. The van der Waals surface area contributed by atoms with Gasteiger partial charge in [-0.05, 0) is 12.3 Å². The molecule has 1 atom stereocenters. The maximum atomic E-state index is 10.3. The van der Waals surface area contributed by atoms with Crippen LogP contribution in [0.1, 0.15) is 20.3 Å². The average Bonchev–Trinajstić information content (AvgIpc) is 1.63. The molecular formula is C6H15N2NaO. The summed E-state index contributed by atoms with van der Waals surface area (Å²) < 4.78 is 0. The van der Waals surface area contributed by atoms with Crippen LogP contribution in [-0.2, 0) is 4.79 Å². The monoisotopic (exact) mass is 154 g/mol. The molecule has 0 rings (SSSR count). The maximum absolute atomic E-state index is 10.3. The zero-order valence-corrected chi connectivity index (χ0v) is 5.92. The molecule has 1 unspecified atom stereocenters. The van der Waals surface area contributed by atoms with E-state index in [1.807, 2.05) is 13.8 Å². The summed E-state index contributed by atoms with van der Waals surface area (Å²) in [5.41, 5.74) is 10.3. The minimum atomic E-state index is -0.468. The third kappa shape index (κ3) is 6.55. The molecule has 0 aliphatic rings. The van der Waals surface area contributed by atoms with E-state index in [1.165, 1.54) is 0 Å². The van der Waals surface area contributed by atoms with Crippen molar-refractivity contribution in [2.45, 2.75) is 26.3 Å².